The molecular weight excluding hydrogens is 394 g/mol. The highest BCUT2D eigenvalue weighted by atomic mass is 79.9. The lowest BCUT2D eigenvalue weighted by Crippen LogP contribution is -2.17. The van der Waals surface area contributed by atoms with Crippen LogP contribution in [0.25, 0.3) is 0 Å². The highest BCUT2D eigenvalue weighted by Gasteiger charge is 2.08. The lowest BCUT2D eigenvalue weighted by Gasteiger charge is -2.15. The van der Waals surface area contributed by atoms with Crippen molar-refractivity contribution in [2.24, 2.45) is 0 Å². The lowest BCUT2D eigenvalue weighted by atomic mass is 10.1. The molecule has 0 saturated heterocycles. The van der Waals surface area contributed by atoms with Crippen molar-refractivity contribution in [3.8, 4) is 5.75 Å². The zero-order valence-electron chi connectivity index (χ0n) is 12.2. The minimum absolute atomic E-state index is 0.337. The van der Waals surface area contributed by atoms with Crippen LogP contribution in [0.3, 0.4) is 0 Å². The third kappa shape index (κ3) is 4.56. The van der Waals surface area contributed by atoms with Crippen LogP contribution in [0.1, 0.15) is 31.0 Å². The first kappa shape index (κ1) is 16.5. The molecule has 1 N–H and O–H groups in total. The van der Waals surface area contributed by atoms with Gasteiger partial charge in [-0.05, 0) is 53.2 Å². The highest BCUT2D eigenvalue weighted by Crippen LogP contribution is 2.29. The van der Waals surface area contributed by atoms with Crippen molar-refractivity contribution in [2.45, 2.75) is 26.5 Å². The third-order valence-electron chi connectivity index (χ3n) is 3.31. The molecule has 0 aliphatic carbocycles. The van der Waals surface area contributed by atoms with E-state index in [0.29, 0.717) is 12.6 Å². The Morgan fingerprint density at radius 2 is 1.86 bits per heavy atom. The van der Waals surface area contributed by atoms with Crippen molar-refractivity contribution in [3.63, 3.8) is 0 Å². The second-order valence-corrected chi connectivity index (χ2v) is 6.56. The Labute approximate surface area is 143 Å². The van der Waals surface area contributed by atoms with Crippen LogP contribution in [0, 0.1) is 0 Å². The summed E-state index contributed by atoms with van der Waals surface area (Å²) in [6.07, 6.45) is 0. The number of halogens is 2. The molecule has 0 bridgehead atoms. The largest absolute Gasteiger partial charge is 0.488 e. The van der Waals surface area contributed by atoms with Crippen molar-refractivity contribution >= 4 is 31.9 Å². The minimum Gasteiger partial charge on any atom is -0.488 e. The topological polar surface area (TPSA) is 21.3 Å². The smallest absolute Gasteiger partial charge is 0.134 e. The zero-order valence-corrected chi connectivity index (χ0v) is 15.4. The molecule has 2 aromatic carbocycles. The van der Waals surface area contributed by atoms with Gasteiger partial charge in [-0.15, -0.1) is 0 Å². The van der Waals surface area contributed by atoms with Crippen LogP contribution in [0.4, 0.5) is 0 Å². The van der Waals surface area contributed by atoms with Crippen molar-refractivity contribution in [3.05, 3.63) is 62.5 Å². The number of hydrogen-bond donors (Lipinski definition) is 1. The van der Waals surface area contributed by atoms with E-state index in [4.69, 9.17) is 4.74 Å². The molecule has 2 nitrogen and oxygen atoms in total. The van der Waals surface area contributed by atoms with E-state index in [9.17, 15) is 0 Å². The van der Waals surface area contributed by atoms with Crippen LogP contribution < -0.4 is 10.1 Å². The molecule has 0 radical (unpaired) electrons. The van der Waals surface area contributed by atoms with Crippen LogP contribution in [0.5, 0.6) is 5.75 Å². The van der Waals surface area contributed by atoms with E-state index in [1.165, 1.54) is 5.56 Å². The molecule has 0 aliphatic rings. The van der Waals surface area contributed by atoms with Crippen LogP contribution >= 0.6 is 31.9 Å². The van der Waals surface area contributed by atoms with E-state index >= 15 is 0 Å². The lowest BCUT2D eigenvalue weighted by molar-refractivity contribution is 0.303. The Morgan fingerprint density at radius 3 is 2.52 bits per heavy atom. The maximum Gasteiger partial charge on any atom is 0.134 e. The molecule has 0 spiro atoms. The molecular formula is C17H19Br2NO. The fourth-order valence-electron chi connectivity index (χ4n) is 2.10. The molecule has 0 fully saturated rings. The summed E-state index contributed by atoms with van der Waals surface area (Å²) in [6, 6.07) is 14.7. The number of rotatable bonds is 6. The quantitative estimate of drug-likeness (QED) is 0.679. The summed E-state index contributed by atoms with van der Waals surface area (Å²) in [6.45, 7) is 5.77. The van der Waals surface area contributed by atoms with Gasteiger partial charge in [-0.2, -0.15) is 0 Å². The summed E-state index contributed by atoms with van der Waals surface area (Å²) in [7, 11) is 0. The van der Waals surface area contributed by atoms with E-state index in [-0.39, 0.29) is 0 Å². The molecule has 4 heteroatoms. The van der Waals surface area contributed by atoms with Crippen LogP contribution in [-0.2, 0) is 6.61 Å². The molecule has 0 amide bonds. The van der Waals surface area contributed by atoms with Gasteiger partial charge in [-0.3, -0.25) is 0 Å². The highest BCUT2D eigenvalue weighted by molar-refractivity contribution is 9.10. The van der Waals surface area contributed by atoms with E-state index in [2.05, 4.69) is 69.2 Å². The van der Waals surface area contributed by atoms with Gasteiger partial charge < -0.3 is 10.1 Å². The van der Waals surface area contributed by atoms with E-state index in [1.54, 1.807) is 0 Å². The summed E-state index contributed by atoms with van der Waals surface area (Å²) in [4.78, 5) is 0. The standard InChI is InChI=1S/C17H19Br2NO/c1-3-20-12(2)13-8-9-17(16(19)10-13)21-11-14-6-4-5-7-15(14)18/h4-10,12,20H,3,11H2,1-2H3. The Balaban J connectivity index is 2.06. The van der Waals surface area contributed by atoms with Gasteiger partial charge in [-0.25, -0.2) is 0 Å². The predicted molar refractivity (Wildman–Crippen MR) is 94.7 cm³/mol. The predicted octanol–water partition coefficient (Wildman–Crippen LogP) is 5.46. The summed E-state index contributed by atoms with van der Waals surface area (Å²) < 4.78 is 7.95. The molecule has 0 saturated carbocycles. The van der Waals surface area contributed by atoms with Gasteiger partial charge in [0.1, 0.15) is 12.4 Å². The van der Waals surface area contributed by atoms with Crippen molar-refractivity contribution in [1.82, 2.24) is 5.32 Å². The maximum atomic E-state index is 5.90. The van der Waals surface area contributed by atoms with Crippen molar-refractivity contribution < 1.29 is 4.74 Å². The Morgan fingerprint density at radius 1 is 1.10 bits per heavy atom. The van der Waals surface area contributed by atoms with Crippen molar-refractivity contribution in [1.29, 1.82) is 0 Å². The zero-order chi connectivity index (χ0) is 15.2. The molecule has 0 aliphatic heterocycles. The van der Waals surface area contributed by atoms with Crippen LogP contribution in [-0.4, -0.2) is 6.54 Å². The minimum atomic E-state index is 0.337. The first-order valence-corrected chi connectivity index (χ1v) is 8.59. The number of nitrogens with one attached hydrogen (secondary N) is 1. The van der Waals surface area contributed by atoms with Gasteiger partial charge in [0.2, 0.25) is 0 Å². The molecule has 0 heterocycles. The second-order valence-electron chi connectivity index (χ2n) is 4.85. The van der Waals surface area contributed by atoms with Crippen LogP contribution in [0.2, 0.25) is 0 Å². The van der Waals surface area contributed by atoms with Gasteiger partial charge >= 0.3 is 0 Å². The number of ether oxygens (including phenoxy) is 1. The van der Waals surface area contributed by atoms with Gasteiger partial charge in [-0.1, -0.05) is 47.1 Å². The molecule has 21 heavy (non-hydrogen) atoms. The van der Waals surface area contributed by atoms with E-state index < -0.39 is 0 Å². The van der Waals surface area contributed by atoms with E-state index in [1.807, 2.05) is 24.3 Å². The molecule has 2 aromatic rings. The summed E-state index contributed by atoms with van der Waals surface area (Å²) in [5.41, 5.74) is 2.38. The monoisotopic (exact) mass is 411 g/mol. The molecule has 112 valence electrons. The number of hydrogen-bond acceptors (Lipinski definition) is 2. The fourth-order valence-corrected chi connectivity index (χ4v) is 3.01. The Kier molecular flexibility index (Phi) is 6.27. The van der Waals surface area contributed by atoms with E-state index in [0.717, 1.165) is 26.8 Å². The third-order valence-corrected chi connectivity index (χ3v) is 4.70. The van der Waals surface area contributed by atoms with Gasteiger partial charge in [0.25, 0.3) is 0 Å². The average molecular weight is 413 g/mol. The van der Waals surface area contributed by atoms with Gasteiger partial charge in [0.05, 0.1) is 4.47 Å². The fraction of sp³-hybridized carbons (Fsp3) is 0.294. The van der Waals surface area contributed by atoms with Crippen molar-refractivity contribution in [2.75, 3.05) is 6.54 Å². The maximum absolute atomic E-state index is 5.90. The average Bonchev–Trinajstić information content (AvgIpc) is 2.47. The Bertz CT molecular complexity index is 601. The molecule has 1 atom stereocenters. The Hall–Kier alpha value is -0.840. The normalized spacial score (nSPS) is 12.2. The van der Waals surface area contributed by atoms with Crippen LogP contribution in [0.15, 0.2) is 51.4 Å². The molecule has 0 aromatic heterocycles. The summed E-state index contributed by atoms with van der Waals surface area (Å²) in [5.74, 6) is 0.859. The first-order chi connectivity index (χ1) is 10.1. The summed E-state index contributed by atoms with van der Waals surface area (Å²) in [5, 5.41) is 3.41. The molecule has 2 rings (SSSR count). The van der Waals surface area contributed by atoms with Gasteiger partial charge in [0.15, 0.2) is 0 Å². The second kappa shape index (κ2) is 7.97. The molecule has 1 unspecified atom stereocenters. The SMILES string of the molecule is CCNC(C)c1ccc(OCc2ccccc2Br)c(Br)c1. The van der Waals surface area contributed by atoms with Gasteiger partial charge in [0, 0.05) is 16.1 Å². The summed E-state index contributed by atoms with van der Waals surface area (Å²) >= 11 is 7.13. The first-order valence-electron chi connectivity index (χ1n) is 7.01. The number of benzene rings is 2.